The van der Waals surface area contributed by atoms with Crippen LogP contribution in [0.15, 0.2) is 40.6 Å². The number of rotatable bonds is 7. The second kappa shape index (κ2) is 9.24. The van der Waals surface area contributed by atoms with Crippen molar-refractivity contribution in [3.8, 4) is 5.88 Å². The lowest BCUT2D eigenvalue weighted by Crippen LogP contribution is -2.48. The number of hydrogen-bond donors (Lipinski definition) is 2. The highest BCUT2D eigenvalue weighted by Crippen LogP contribution is 2.18. The van der Waals surface area contributed by atoms with E-state index in [-0.39, 0.29) is 5.88 Å². The number of nitrogens with zero attached hydrogens (tertiary/aromatic N) is 4. The highest BCUT2D eigenvalue weighted by Gasteiger charge is 2.28. The van der Waals surface area contributed by atoms with Crippen molar-refractivity contribution >= 4 is 12.2 Å². The molecule has 7 nitrogen and oxygen atoms in total. The van der Waals surface area contributed by atoms with Gasteiger partial charge in [0.25, 0.3) is 0 Å². The monoisotopic (exact) mass is 384 g/mol. The molecule has 0 amide bonds. The Morgan fingerprint density at radius 1 is 1.41 bits per heavy atom. The molecule has 1 unspecified atom stereocenters. The van der Waals surface area contributed by atoms with E-state index < -0.39 is 19.1 Å². The van der Waals surface area contributed by atoms with Crippen molar-refractivity contribution in [3.63, 3.8) is 0 Å². The van der Waals surface area contributed by atoms with Crippen LogP contribution in [0.3, 0.4) is 0 Å². The molecule has 0 spiro atoms. The molecule has 1 aromatic rings. The Hall–Kier alpha value is -2.78. The number of pyridine rings is 1. The Kier molecular flexibility index (Phi) is 7.03. The summed E-state index contributed by atoms with van der Waals surface area (Å²) in [6, 6.07) is 3.05. The molecule has 0 aromatic carbocycles. The predicted octanol–water partition coefficient (Wildman–Crippen LogP) is 2.27. The number of hydrogen-bond acceptors (Lipinski definition) is 5. The fourth-order valence-corrected chi connectivity index (χ4v) is 2.12. The molecule has 0 saturated carbocycles. The van der Waals surface area contributed by atoms with Crippen LogP contribution in [-0.2, 0) is 6.54 Å². The molecular weight excluding hydrogens is 361 g/mol. The van der Waals surface area contributed by atoms with E-state index in [1.165, 1.54) is 12.3 Å². The molecule has 3 N–H and O–H groups in total. The first kappa shape index (κ1) is 20.5. The Labute approximate surface area is 155 Å². The van der Waals surface area contributed by atoms with Gasteiger partial charge in [-0.1, -0.05) is 19.9 Å². The van der Waals surface area contributed by atoms with Gasteiger partial charge in [0.2, 0.25) is 5.88 Å². The van der Waals surface area contributed by atoms with Crippen molar-refractivity contribution in [1.29, 1.82) is 0 Å². The lowest BCUT2D eigenvalue weighted by molar-refractivity contribution is -0.154. The number of allylic oxidation sites excluding steroid dienone is 1. The number of halogens is 3. The number of guanidine groups is 1. The lowest BCUT2D eigenvalue weighted by Gasteiger charge is -2.30. The van der Waals surface area contributed by atoms with Crippen molar-refractivity contribution in [2.24, 2.45) is 21.6 Å². The molecule has 1 aromatic heterocycles. The van der Waals surface area contributed by atoms with Crippen LogP contribution >= 0.6 is 0 Å². The molecule has 1 aliphatic heterocycles. The van der Waals surface area contributed by atoms with Gasteiger partial charge in [-0.05, 0) is 17.6 Å². The minimum atomic E-state index is -4.40. The molecule has 1 atom stereocenters. The summed E-state index contributed by atoms with van der Waals surface area (Å²) in [5, 5.41) is 3.03. The van der Waals surface area contributed by atoms with Crippen LogP contribution < -0.4 is 15.8 Å². The topological polar surface area (TPSA) is 88.1 Å². The van der Waals surface area contributed by atoms with Gasteiger partial charge >= 0.3 is 6.18 Å². The van der Waals surface area contributed by atoms with Gasteiger partial charge in [0.05, 0.1) is 0 Å². The zero-order valence-corrected chi connectivity index (χ0v) is 15.1. The quantitative estimate of drug-likeness (QED) is 0.556. The minimum absolute atomic E-state index is 0.0805. The van der Waals surface area contributed by atoms with Crippen LogP contribution in [0.1, 0.15) is 19.4 Å². The van der Waals surface area contributed by atoms with Crippen LogP contribution in [0.4, 0.5) is 13.2 Å². The van der Waals surface area contributed by atoms with E-state index >= 15 is 0 Å². The summed E-state index contributed by atoms with van der Waals surface area (Å²) in [7, 11) is 0. The third-order valence-electron chi connectivity index (χ3n) is 3.36. The van der Waals surface area contributed by atoms with Crippen molar-refractivity contribution < 1.29 is 17.9 Å². The van der Waals surface area contributed by atoms with Gasteiger partial charge in [-0.15, -0.1) is 0 Å². The van der Waals surface area contributed by atoms with Gasteiger partial charge in [-0.2, -0.15) is 13.2 Å². The summed E-state index contributed by atoms with van der Waals surface area (Å²) in [5.41, 5.74) is 6.67. The average Bonchev–Trinajstić information content (AvgIpc) is 2.60. The smallest absolute Gasteiger partial charge is 0.422 e. The summed E-state index contributed by atoms with van der Waals surface area (Å²) in [4.78, 5) is 14.3. The molecule has 2 rings (SSSR count). The molecule has 10 heteroatoms. The first-order valence-electron chi connectivity index (χ1n) is 8.39. The normalized spacial score (nSPS) is 17.5. The number of nitrogens with two attached hydrogens (primary N) is 1. The van der Waals surface area contributed by atoms with Crippen LogP contribution in [0, 0.1) is 5.92 Å². The maximum absolute atomic E-state index is 12.2. The highest BCUT2D eigenvalue weighted by molar-refractivity contribution is 5.79. The van der Waals surface area contributed by atoms with Crippen molar-refractivity contribution in [3.05, 3.63) is 36.2 Å². The standard InChI is InChI=1S/C17H23F3N6O/c1-12(2)8-24-15(21)25-16-22-6-3-7-26(16)10-13-4-5-14(23-9-13)27-11-17(18,19)20/h3-7,9,12,16H,8,10-11H2,1-2H3,(H3,21,24,25). The van der Waals surface area contributed by atoms with E-state index in [9.17, 15) is 13.2 Å². The first-order valence-corrected chi connectivity index (χ1v) is 8.39. The molecule has 0 fully saturated rings. The Morgan fingerprint density at radius 3 is 2.81 bits per heavy atom. The maximum atomic E-state index is 12.2. The van der Waals surface area contributed by atoms with Gasteiger partial charge in [-0.3, -0.25) is 4.99 Å². The zero-order chi connectivity index (χ0) is 19.9. The number of nitrogens with one attached hydrogen (secondary N) is 1. The summed E-state index contributed by atoms with van der Waals surface area (Å²) in [6.07, 6.45) is 1.88. The largest absolute Gasteiger partial charge is 0.468 e. The zero-order valence-electron chi connectivity index (χ0n) is 15.1. The lowest BCUT2D eigenvalue weighted by atomic mass is 10.2. The number of aromatic nitrogens is 1. The third-order valence-corrected chi connectivity index (χ3v) is 3.36. The number of alkyl halides is 3. The van der Waals surface area contributed by atoms with E-state index in [0.29, 0.717) is 25.0 Å². The van der Waals surface area contributed by atoms with Crippen LogP contribution in [-0.4, -0.2) is 47.7 Å². The minimum Gasteiger partial charge on any atom is -0.468 e. The third kappa shape index (κ3) is 7.55. The van der Waals surface area contributed by atoms with Crippen molar-refractivity contribution in [1.82, 2.24) is 15.2 Å². The predicted molar refractivity (Wildman–Crippen MR) is 97.2 cm³/mol. The van der Waals surface area contributed by atoms with Gasteiger partial charge < -0.3 is 20.7 Å². The maximum Gasteiger partial charge on any atom is 0.422 e. The van der Waals surface area contributed by atoms with Crippen LogP contribution in [0.25, 0.3) is 0 Å². The molecule has 2 heterocycles. The van der Waals surface area contributed by atoms with E-state index in [1.807, 2.05) is 24.9 Å². The molecule has 148 valence electrons. The fraction of sp³-hybridized carbons (Fsp3) is 0.471. The van der Waals surface area contributed by atoms with Crippen LogP contribution in [0.5, 0.6) is 5.88 Å². The van der Waals surface area contributed by atoms with E-state index in [2.05, 4.69) is 25.0 Å². The molecule has 0 radical (unpaired) electrons. The Balaban J connectivity index is 1.94. The molecule has 0 bridgehead atoms. The number of aliphatic imine (C=N–C) groups is 2. The Morgan fingerprint density at radius 2 is 2.19 bits per heavy atom. The average molecular weight is 384 g/mol. The van der Waals surface area contributed by atoms with Crippen molar-refractivity contribution in [2.75, 3.05) is 13.2 Å². The van der Waals surface area contributed by atoms with E-state index in [1.54, 1.807) is 18.4 Å². The van der Waals surface area contributed by atoms with Gasteiger partial charge in [0, 0.05) is 37.8 Å². The van der Waals surface area contributed by atoms with Crippen LogP contribution in [0.2, 0.25) is 0 Å². The second-order valence-electron chi connectivity index (χ2n) is 6.36. The van der Waals surface area contributed by atoms with Gasteiger partial charge in [0.15, 0.2) is 18.9 Å². The molecule has 0 aliphatic carbocycles. The molecule has 27 heavy (non-hydrogen) atoms. The molecule has 0 saturated heterocycles. The summed E-state index contributed by atoms with van der Waals surface area (Å²) >= 11 is 0. The highest BCUT2D eigenvalue weighted by atomic mass is 19.4. The van der Waals surface area contributed by atoms with Gasteiger partial charge in [-0.25, -0.2) is 9.98 Å². The van der Waals surface area contributed by atoms with E-state index in [0.717, 1.165) is 5.56 Å². The SMILES string of the molecule is CC(C)CN=C(N)NC1N=CC=CN1Cc1ccc(OCC(F)(F)F)nc1. The summed E-state index contributed by atoms with van der Waals surface area (Å²) < 4.78 is 41.1. The Bertz CT molecular complexity index is 685. The summed E-state index contributed by atoms with van der Waals surface area (Å²) in [5.74, 6) is 0.601. The van der Waals surface area contributed by atoms with Gasteiger partial charge in [0.1, 0.15) is 0 Å². The fourth-order valence-electron chi connectivity index (χ4n) is 2.12. The molecular formula is C17H23F3N6O. The van der Waals surface area contributed by atoms with Crippen molar-refractivity contribution in [2.45, 2.75) is 32.9 Å². The second-order valence-corrected chi connectivity index (χ2v) is 6.36. The summed E-state index contributed by atoms with van der Waals surface area (Å²) in [6.45, 7) is 3.74. The van der Waals surface area contributed by atoms with E-state index in [4.69, 9.17) is 5.73 Å². The number of ether oxygens (including phenoxy) is 1. The first-order chi connectivity index (χ1) is 12.7. The molecule has 1 aliphatic rings.